The van der Waals surface area contributed by atoms with Crippen molar-refractivity contribution in [2.24, 2.45) is 4.99 Å². The smallest absolute Gasteiger partial charge is 0.409 e. The van der Waals surface area contributed by atoms with Gasteiger partial charge in [0.2, 0.25) is 0 Å². The number of halogens is 3. The fourth-order valence-corrected chi connectivity index (χ4v) is 3.06. The molecule has 1 aliphatic heterocycles. The van der Waals surface area contributed by atoms with Crippen LogP contribution < -0.4 is 10.6 Å². The monoisotopic (exact) mass is 498 g/mol. The predicted octanol–water partition coefficient (Wildman–Crippen LogP) is 3.04. The second-order valence-electron chi connectivity index (χ2n) is 5.82. The average Bonchev–Trinajstić information content (AvgIpc) is 2.63. The van der Waals surface area contributed by atoms with Crippen molar-refractivity contribution in [2.75, 3.05) is 33.8 Å². The quantitative estimate of drug-likeness (QED) is 0.381. The number of ether oxygens (including phenoxy) is 1. The summed E-state index contributed by atoms with van der Waals surface area (Å²) in [5.74, 6) is 0.358. The number of methoxy groups -OCH3 is 1. The van der Waals surface area contributed by atoms with Crippen LogP contribution in [-0.2, 0) is 11.2 Å². The second-order valence-corrected chi connectivity index (χ2v) is 6.23. The van der Waals surface area contributed by atoms with Crippen LogP contribution in [0.25, 0.3) is 0 Å². The molecule has 1 saturated heterocycles. The van der Waals surface area contributed by atoms with E-state index >= 15 is 0 Å². The van der Waals surface area contributed by atoms with E-state index in [0.29, 0.717) is 42.6 Å². The maximum absolute atomic E-state index is 13.8. The topological polar surface area (TPSA) is 66.0 Å². The molecule has 26 heavy (non-hydrogen) atoms. The summed E-state index contributed by atoms with van der Waals surface area (Å²) in [6.07, 6.45) is 1.80. The molecule has 0 aliphatic carbocycles. The zero-order valence-electron chi connectivity index (χ0n) is 14.9. The third-order valence-corrected chi connectivity index (χ3v) is 4.58. The first kappa shape index (κ1) is 22.8. The number of hydrogen-bond donors (Lipinski definition) is 2. The summed E-state index contributed by atoms with van der Waals surface area (Å²) in [5.41, 5.74) is 0.499. The Kier molecular flexibility index (Phi) is 10.0. The molecule has 0 radical (unpaired) electrons. The van der Waals surface area contributed by atoms with Crippen molar-refractivity contribution < 1.29 is 13.9 Å². The van der Waals surface area contributed by atoms with Gasteiger partial charge in [0.1, 0.15) is 5.82 Å². The van der Waals surface area contributed by atoms with Gasteiger partial charge in [0.25, 0.3) is 0 Å². The van der Waals surface area contributed by atoms with Crippen LogP contribution in [0, 0.1) is 5.82 Å². The van der Waals surface area contributed by atoms with E-state index in [-0.39, 0.29) is 41.9 Å². The van der Waals surface area contributed by atoms with Crippen LogP contribution >= 0.6 is 35.6 Å². The van der Waals surface area contributed by atoms with Crippen LogP contribution in [0.2, 0.25) is 5.02 Å². The van der Waals surface area contributed by atoms with Crippen molar-refractivity contribution in [3.8, 4) is 0 Å². The van der Waals surface area contributed by atoms with Crippen molar-refractivity contribution in [3.05, 3.63) is 34.6 Å². The second kappa shape index (κ2) is 11.4. The molecule has 1 fully saturated rings. The SMILES string of the molecule is CN=C(NCCc1c(F)cccc1Cl)NC1CCN(C(=O)OC)CC1.I. The highest BCUT2D eigenvalue weighted by Gasteiger charge is 2.23. The highest BCUT2D eigenvalue weighted by atomic mass is 127. The average molecular weight is 499 g/mol. The number of likely N-dealkylation sites (tertiary alicyclic amines) is 1. The summed E-state index contributed by atoms with van der Waals surface area (Å²) in [5, 5.41) is 6.94. The number of guanidine groups is 1. The highest BCUT2D eigenvalue weighted by Crippen LogP contribution is 2.19. The van der Waals surface area contributed by atoms with E-state index in [1.165, 1.54) is 13.2 Å². The summed E-state index contributed by atoms with van der Waals surface area (Å²) < 4.78 is 18.5. The normalized spacial score (nSPS) is 15.2. The third-order valence-electron chi connectivity index (χ3n) is 4.22. The molecular weight excluding hydrogens is 474 g/mol. The van der Waals surface area contributed by atoms with Crippen LogP contribution in [-0.4, -0.2) is 56.8 Å². The van der Waals surface area contributed by atoms with Gasteiger partial charge in [-0.15, -0.1) is 24.0 Å². The Hall–Kier alpha value is -1.29. The van der Waals surface area contributed by atoms with E-state index in [9.17, 15) is 9.18 Å². The standard InChI is InChI=1S/C17H24ClFN4O2.HI/c1-20-16(21-9-6-13-14(18)4-3-5-15(13)19)22-12-7-10-23(11-8-12)17(24)25-2;/h3-5,12H,6-11H2,1-2H3,(H2,20,21,22);1H. The van der Waals surface area contributed by atoms with E-state index in [0.717, 1.165) is 12.8 Å². The summed E-state index contributed by atoms with van der Waals surface area (Å²) in [7, 11) is 3.08. The van der Waals surface area contributed by atoms with E-state index in [1.807, 2.05) is 0 Å². The van der Waals surface area contributed by atoms with Gasteiger partial charge in [0.05, 0.1) is 7.11 Å². The number of carbonyl (C=O) groups is 1. The first-order valence-electron chi connectivity index (χ1n) is 8.28. The lowest BCUT2D eigenvalue weighted by atomic mass is 10.1. The molecule has 1 aliphatic rings. The van der Waals surface area contributed by atoms with Gasteiger partial charge >= 0.3 is 6.09 Å². The van der Waals surface area contributed by atoms with Gasteiger partial charge in [-0.2, -0.15) is 0 Å². The number of nitrogens with zero attached hydrogens (tertiary/aromatic N) is 2. The molecule has 0 spiro atoms. The Morgan fingerprint density at radius 1 is 1.42 bits per heavy atom. The lowest BCUT2D eigenvalue weighted by Crippen LogP contribution is -2.50. The molecule has 1 heterocycles. The number of aliphatic imine (C=N–C) groups is 1. The van der Waals surface area contributed by atoms with E-state index in [2.05, 4.69) is 15.6 Å². The Balaban J connectivity index is 0.00000338. The minimum Gasteiger partial charge on any atom is -0.453 e. The number of piperidine rings is 1. The largest absolute Gasteiger partial charge is 0.453 e. The predicted molar refractivity (Wildman–Crippen MR) is 112 cm³/mol. The van der Waals surface area contributed by atoms with Crippen molar-refractivity contribution in [3.63, 3.8) is 0 Å². The van der Waals surface area contributed by atoms with Gasteiger partial charge in [0.15, 0.2) is 5.96 Å². The number of hydrogen-bond acceptors (Lipinski definition) is 3. The number of benzene rings is 1. The molecule has 9 heteroatoms. The van der Waals surface area contributed by atoms with Crippen molar-refractivity contribution in [1.82, 2.24) is 15.5 Å². The molecule has 146 valence electrons. The number of rotatable bonds is 4. The molecule has 0 bridgehead atoms. The first-order chi connectivity index (χ1) is 12.0. The Bertz CT molecular complexity index is 605. The lowest BCUT2D eigenvalue weighted by molar-refractivity contribution is 0.111. The lowest BCUT2D eigenvalue weighted by Gasteiger charge is -2.32. The highest BCUT2D eigenvalue weighted by molar-refractivity contribution is 14.0. The molecule has 1 amide bonds. The zero-order chi connectivity index (χ0) is 18.2. The zero-order valence-corrected chi connectivity index (χ0v) is 18.0. The molecule has 1 aromatic carbocycles. The molecule has 1 aromatic rings. The molecular formula is C17H25ClFIN4O2. The first-order valence-corrected chi connectivity index (χ1v) is 8.66. The summed E-state index contributed by atoms with van der Waals surface area (Å²) >= 11 is 6.03. The third kappa shape index (κ3) is 6.46. The number of carbonyl (C=O) groups excluding carboxylic acids is 1. The molecule has 6 nitrogen and oxygen atoms in total. The van der Waals surface area contributed by atoms with E-state index in [4.69, 9.17) is 16.3 Å². The maximum atomic E-state index is 13.8. The van der Waals surface area contributed by atoms with Gasteiger partial charge in [-0.25, -0.2) is 9.18 Å². The fraction of sp³-hybridized carbons (Fsp3) is 0.529. The summed E-state index contributed by atoms with van der Waals surface area (Å²) in [6.45, 7) is 1.81. The van der Waals surface area contributed by atoms with Gasteiger partial charge in [0, 0.05) is 43.3 Å². The number of amides is 1. The minimum absolute atomic E-state index is 0. The molecule has 2 N–H and O–H groups in total. The van der Waals surface area contributed by atoms with Gasteiger partial charge in [-0.1, -0.05) is 17.7 Å². The van der Waals surface area contributed by atoms with Gasteiger partial charge < -0.3 is 20.3 Å². The Morgan fingerprint density at radius 3 is 2.69 bits per heavy atom. The fourth-order valence-electron chi connectivity index (χ4n) is 2.80. The number of nitrogens with one attached hydrogen (secondary N) is 2. The van der Waals surface area contributed by atoms with Crippen LogP contribution in [0.4, 0.5) is 9.18 Å². The minimum atomic E-state index is -0.299. The summed E-state index contributed by atoms with van der Waals surface area (Å²) in [4.78, 5) is 17.4. The molecule has 0 saturated carbocycles. The van der Waals surface area contributed by atoms with Crippen LogP contribution in [0.15, 0.2) is 23.2 Å². The van der Waals surface area contributed by atoms with Crippen molar-refractivity contribution >= 4 is 47.6 Å². The van der Waals surface area contributed by atoms with Gasteiger partial charge in [-0.3, -0.25) is 4.99 Å². The van der Waals surface area contributed by atoms with Gasteiger partial charge in [-0.05, 0) is 31.4 Å². The maximum Gasteiger partial charge on any atom is 0.409 e. The van der Waals surface area contributed by atoms with E-state index < -0.39 is 0 Å². The molecule has 0 atom stereocenters. The van der Waals surface area contributed by atoms with Crippen molar-refractivity contribution in [2.45, 2.75) is 25.3 Å². The molecule has 0 aromatic heterocycles. The van der Waals surface area contributed by atoms with Crippen LogP contribution in [0.1, 0.15) is 18.4 Å². The molecule has 2 rings (SSSR count). The summed E-state index contributed by atoms with van der Waals surface area (Å²) in [6, 6.07) is 4.91. The van der Waals surface area contributed by atoms with Crippen LogP contribution in [0.5, 0.6) is 0 Å². The Morgan fingerprint density at radius 2 is 2.12 bits per heavy atom. The van der Waals surface area contributed by atoms with Crippen molar-refractivity contribution in [1.29, 1.82) is 0 Å². The van der Waals surface area contributed by atoms with E-state index in [1.54, 1.807) is 24.1 Å². The van der Waals surface area contributed by atoms with Crippen LogP contribution in [0.3, 0.4) is 0 Å². The molecule has 0 unspecified atom stereocenters. The Labute approximate surface area is 175 Å².